The minimum absolute atomic E-state index is 0.431. The van der Waals surface area contributed by atoms with Gasteiger partial charge < -0.3 is 15.6 Å². The van der Waals surface area contributed by atoms with Crippen molar-refractivity contribution >= 4 is 5.69 Å². The van der Waals surface area contributed by atoms with Crippen molar-refractivity contribution in [1.82, 2.24) is 4.98 Å². The molecule has 0 radical (unpaired) electrons. The average molecular weight is 196 g/mol. The number of aromatic nitrogens is 1. The van der Waals surface area contributed by atoms with Crippen molar-refractivity contribution in [2.24, 2.45) is 0 Å². The summed E-state index contributed by atoms with van der Waals surface area (Å²) < 4.78 is 5.31. The summed E-state index contributed by atoms with van der Waals surface area (Å²) in [4.78, 5) is 3.98. The molecule has 3 N–H and O–H groups in total. The lowest BCUT2D eigenvalue weighted by Crippen LogP contribution is -2.21. The third-order valence-electron chi connectivity index (χ3n) is 1.72. The molecule has 0 saturated heterocycles. The normalized spacial score (nSPS) is 11.4. The summed E-state index contributed by atoms with van der Waals surface area (Å²) in [5.74, 6) is 0.495. The number of rotatable bonds is 4. The van der Waals surface area contributed by atoms with E-state index in [9.17, 15) is 5.11 Å². The molecule has 14 heavy (non-hydrogen) atoms. The Morgan fingerprint density at radius 2 is 2.29 bits per heavy atom. The summed E-state index contributed by atoms with van der Waals surface area (Å²) in [5, 5.41) is 9.43. The maximum atomic E-state index is 9.43. The fourth-order valence-corrected chi connectivity index (χ4v) is 0.909. The minimum atomic E-state index is -0.708. The van der Waals surface area contributed by atoms with E-state index < -0.39 is 5.60 Å². The zero-order valence-corrected chi connectivity index (χ0v) is 8.53. The quantitative estimate of drug-likeness (QED) is 0.759. The van der Waals surface area contributed by atoms with Gasteiger partial charge >= 0.3 is 0 Å². The van der Waals surface area contributed by atoms with Gasteiger partial charge in [-0.25, -0.2) is 4.98 Å². The summed E-state index contributed by atoms with van der Waals surface area (Å²) in [6.45, 7) is 3.91. The first-order valence-electron chi connectivity index (χ1n) is 4.54. The maximum Gasteiger partial charge on any atom is 0.215 e. The number of hydrogen-bond donors (Lipinski definition) is 2. The van der Waals surface area contributed by atoms with E-state index in [1.165, 1.54) is 0 Å². The number of ether oxygens (including phenoxy) is 1. The topological polar surface area (TPSA) is 68.4 Å². The van der Waals surface area contributed by atoms with Gasteiger partial charge in [-0.05, 0) is 19.9 Å². The molecule has 4 nitrogen and oxygen atoms in total. The molecular weight excluding hydrogens is 180 g/mol. The summed E-state index contributed by atoms with van der Waals surface area (Å²) in [6, 6.07) is 3.35. The van der Waals surface area contributed by atoms with Crippen molar-refractivity contribution in [3.8, 4) is 5.88 Å². The van der Waals surface area contributed by atoms with Crippen LogP contribution in [-0.4, -0.2) is 22.3 Å². The first-order valence-corrected chi connectivity index (χ1v) is 4.54. The number of nitrogen functional groups attached to an aromatic ring is 1. The van der Waals surface area contributed by atoms with Gasteiger partial charge in [-0.1, -0.05) is 0 Å². The van der Waals surface area contributed by atoms with Gasteiger partial charge in [0, 0.05) is 24.4 Å². The highest BCUT2D eigenvalue weighted by Crippen LogP contribution is 2.12. The summed E-state index contributed by atoms with van der Waals surface area (Å²) in [6.07, 6.45) is 2.15. The lowest BCUT2D eigenvalue weighted by Gasteiger charge is -2.16. The van der Waals surface area contributed by atoms with Crippen LogP contribution in [0.15, 0.2) is 18.3 Å². The molecule has 1 heterocycles. The van der Waals surface area contributed by atoms with Crippen LogP contribution in [0.3, 0.4) is 0 Å². The average Bonchev–Trinajstić information content (AvgIpc) is 2.01. The monoisotopic (exact) mass is 196 g/mol. The second-order valence-electron chi connectivity index (χ2n) is 3.84. The molecule has 0 spiro atoms. The number of hydrogen-bond acceptors (Lipinski definition) is 4. The zero-order chi connectivity index (χ0) is 10.6. The molecule has 1 aromatic rings. The Bertz CT molecular complexity index is 294. The molecule has 0 bridgehead atoms. The molecule has 1 aromatic heterocycles. The van der Waals surface area contributed by atoms with Gasteiger partial charge in [0.1, 0.15) is 0 Å². The third kappa shape index (κ3) is 4.09. The molecular formula is C10H16N2O2. The van der Waals surface area contributed by atoms with Crippen LogP contribution in [0.4, 0.5) is 5.69 Å². The first kappa shape index (κ1) is 10.8. The number of pyridine rings is 1. The SMILES string of the molecule is CC(C)(O)CCOc1cc(N)ccn1. The molecule has 0 atom stereocenters. The predicted molar refractivity (Wildman–Crippen MR) is 55.1 cm³/mol. The van der Waals surface area contributed by atoms with Crippen LogP contribution in [-0.2, 0) is 0 Å². The second kappa shape index (κ2) is 4.28. The fourth-order valence-electron chi connectivity index (χ4n) is 0.909. The Morgan fingerprint density at radius 1 is 1.57 bits per heavy atom. The highest BCUT2D eigenvalue weighted by Gasteiger charge is 2.12. The van der Waals surface area contributed by atoms with Gasteiger partial charge in [-0.15, -0.1) is 0 Å². The summed E-state index contributed by atoms with van der Waals surface area (Å²) in [5.41, 5.74) is 5.46. The lowest BCUT2D eigenvalue weighted by atomic mass is 10.1. The largest absolute Gasteiger partial charge is 0.477 e. The molecule has 78 valence electrons. The van der Waals surface area contributed by atoms with E-state index in [0.29, 0.717) is 24.6 Å². The molecule has 0 saturated carbocycles. The van der Waals surface area contributed by atoms with Crippen molar-refractivity contribution in [1.29, 1.82) is 0 Å². The highest BCUT2D eigenvalue weighted by atomic mass is 16.5. The van der Waals surface area contributed by atoms with Gasteiger partial charge in [-0.3, -0.25) is 0 Å². The number of aliphatic hydroxyl groups is 1. The maximum absolute atomic E-state index is 9.43. The van der Waals surface area contributed by atoms with Crippen molar-refractivity contribution in [2.45, 2.75) is 25.9 Å². The minimum Gasteiger partial charge on any atom is -0.477 e. The van der Waals surface area contributed by atoms with E-state index in [1.54, 1.807) is 32.2 Å². The predicted octanol–water partition coefficient (Wildman–Crippen LogP) is 1.20. The van der Waals surface area contributed by atoms with E-state index in [1.807, 2.05) is 0 Å². The van der Waals surface area contributed by atoms with E-state index in [2.05, 4.69) is 4.98 Å². The highest BCUT2D eigenvalue weighted by molar-refractivity contribution is 5.39. The van der Waals surface area contributed by atoms with Gasteiger partial charge in [0.25, 0.3) is 0 Å². The van der Waals surface area contributed by atoms with E-state index in [0.717, 1.165) is 0 Å². The van der Waals surface area contributed by atoms with E-state index >= 15 is 0 Å². The van der Waals surface area contributed by atoms with Crippen LogP contribution in [0, 0.1) is 0 Å². The van der Waals surface area contributed by atoms with Crippen LogP contribution < -0.4 is 10.5 Å². The molecule has 4 heteroatoms. The van der Waals surface area contributed by atoms with Crippen molar-refractivity contribution in [3.05, 3.63) is 18.3 Å². The molecule has 0 aliphatic heterocycles. The van der Waals surface area contributed by atoms with E-state index in [4.69, 9.17) is 10.5 Å². The molecule has 0 amide bonds. The lowest BCUT2D eigenvalue weighted by molar-refractivity contribution is 0.0547. The molecule has 0 aliphatic rings. The zero-order valence-electron chi connectivity index (χ0n) is 8.53. The third-order valence-corrected chi connectivity index (χ3v) is 1.72. The van der Waals surface area contributed by atoms with Crippen molar-refractivity contribution in [2.75, 3.05) is 12.3 Å². The van der Waals surface area contributed by atoms with Crippen LogP contribution in [0.5, 0.6) is 5.88 Å². The number of nitrogens with two attached hydrogens (primary N) is 1. The fraction of sp³-hybridized carbons (Fsp3) is 0.500. The van der Waals surface area contributed by atoms with Crippen molar-refractivity contribution in [3.63, 3.8) is 0 Å². The van der Waals surface area contributed by atoms with Gasteiger partial charge in [0.15, 0.2) is 0 Å². The Morgan fingerprint density at radius 3 is 2.86 bits per heavy atom. The van der Waals surface area contributed by atoms with Gasteiger partial charge in [0.05, 0.1) is 12.2 Å². The molecule has 0 aromatic carbocycles. The Kier molecular flexibility index (Phi) is 3.30. The van der Waals surface area contributed by atoms with Gasteiger partial charge in [-0.2, -0.15) is 0 Å². The summed E-state index contributed by atoms with van der Waals surface area (Å²) in [7, 11) is 0. The molecule has 0 unspecified atom stereocenters. The van der Waals surface area contributed by atoms with Crippen LogP contribution in [0.2, 0.25) is 0 Å². The first-order chi connectivity index (χ1) is 6.47. The number of anilines is 1. The second-order valence-corrected chi connectivity index (χ2v) is 3.84. The molecule has 0 aliphatic carbocycles. The van der Waals surface area contributed by atoms with Crippen LogP contribution >= 0.6 is 0 Å². The molecule has 1 rings (SSSR count). The number of nitrogens with zero attached hydrogens (tertiary/aromatic N) is 1. The standard InChI is InChI=1S/C10H16N2O2/c1-10(2,13)4-6-14-9-7-8(11)3-5-12-9/h3,5,7,13H,4,6H2,1-2H3,(H2,11,12). The Hall–Kier alpha value is -1.29. The smallest absolute Gasteiger partial charge is 0.215 e. The Balaban J connectivity index is 2.39. The van der Waals surface area contributed by atoms with E-state index in [-0.39, 0.29) is 0 Å². The van der Waals surface area contributed by atoms with Crippen LogP contribution in [0.1, 0.15) is 20.3 Å². The molecule has 0 fully saturated rings. The van der Waals surface area contributed by atoms with Crippen LogP contribution in [0.25, 0.3) is 0 Å². The van der Waals surface area contributed by atoms with Crippen molar-refractivity contribution < 1.29 is 9.84 Å². The Labute approximate surface area is 83.7 Å². The van der Waals surface area contributed by atoms with Gasteiger partial charge in [0.2, 0.25) is 5.88 Å². The summed E-state index contributed by atoms with van der Waals surface area (Å²) >= 11 is 0.